The van der Waals surface area contributed by atoms with Gasteiger partial charge >= 0.3 is 0 Å². The molecule has 3 rings (SSSR count). The van der Waals surface area contributed by atoms with E-state index < -0.39 is 0 Å². The number of piperazine rings is 1. The van der Waals surface area contributed by atoms with Gasteiger partial charge in [0.1, 0.15) is 11.4 Å². The number of hydrogen-bond donors (Lipinski definition) is 1. The van der Waals surface area contributed by atoms with Gasteiger partial charge in [-0.15, -0.1) is 0 Å². The summed E-state index contributed by atoms with van der Waals surface area (Å²) in [5, 5.41) is 3.03. The van der Waals surface area contributed by atoms with Gasteiger partial charge in [0.15, 0.2) is 0 Å². The molecule has 1 saturated carbocycles. The van der Waals surface area contributed by atoms with Gasteiger partial charge in [0.05, 0.1) is 6.54 Å². The van der Waals surface area contributed by atoms with Crippen molar-refractivity contribution >= 4 is 5.91 Å². The van der Waals surface area contributed by atoms with Crippen molar-refractivity contribution in [2.75, 3.05) is 13.1 Å². The largest absolute Gasteiger partial charge is 0.353 e. The molecule has 1 aliphatic heterocycles. The van der Waals surface area contributed by atoms with Crippen molar-refractivity contribution in [3.05, 3.63) is 18.2 Å². The lowest BCUT2D eigenvalue weighted by Gasteiger charge is -2.43. The van der Waals surface area contributed by atoms with E-state index >= 15 is 0 Å². The van der Waals surface area contributed by atoms with Gasteiger partial charge in [-0.1, -0.05) is 12.8 Å². The Morgan fingerprint density at radius 1 is 1.44 bits per heavy atom. The van der Waals surface area contributed by atoms with Crippen LogP contribution >= 0.6 is 0 Å². The number of carbonyl (C=O) groups excluding carboxylic acids is 1. The minimum atomic E-state index is -0.260. The fourth-order valence-electron chi connectivity index (χ4n) is 3.28. The zero-order valence-corrected chi connectivity index (χ0v) is 10.9. The molecule has 2 aliphatic rings. The summed E-state index contributed by atoms with van der Waals surface area (Å²) >= 11 is 0. The first-order valence-electron chi connectivity index (χ1n) is 6.72. The van der Waals surface area contributed by atoms with Gasteiger partial charge in [0, 0.05) is 32.5 Å². The molecule has 1 amide bonds. The monoisotopic (exact) mass is 248 g/mol. The van der Waals surface area contributed by atoms with Crippen LogP contribution in [0, 0.1) is 0 Å². The highest BCUT2D eigenvalue weighted by molar-refractivity contribution is 5.87. The molecule has 0 atom stereocenters. The van der Waals surface area contributed by atoms with Crippen LogP contribution in [0.3, 0.4) is 0 Å². The molecule has 1 aromatic heterocycles. The molecule has 0 bridgehead atoms. The van der Waals surface area contributed by atoms with Crippen LogP contribution in [0.5, 0.6) is 0 Å². The van der Waals surface area contributed by atoms with Crippen LogP contribution in [0.1, 0.15) is 31.5 Å². The fourth-order valence-corrected chi connectivity index (χ4v) is 3.28. The number of amides is 1. The van der Waals surface area contributed by atoms with Crippen LogP contribution in [0.4, 0.5) is 0 Å². The molecular formula is C13H20N4O. The third-order valence-corrected chi connectivity index (χ3v) is 4.38. The predicted molar refractivity (Wildman–Crippen MR) is 67.8 cm³/mol. The quantitative estimate of drug-likeness (QED) is 0.836. The van der Waals surface area contributed by atoms with Crippen LogP contribution < -0.4 is 5.32 Å². The van der Waals surface area contributed by atoms with Crippen molar-refractivity contribution in [3.8, 4) is 0 Å². The average molecular weight is 248 g/mol. The van der Waals surface area contributed by atoms with Crippen LogP contribution in [-0.4, -0.2) is 39.0 Å². The lowest BCUT2D eigenvalue weighted by Crippen LogP contribution is -2.63. The first-order valence-corrected chi connectivity index (χ1v) is 6.72. The summed E-state index contributed by atoms with van der Waals surface area (Å²) in [7, 11) is 2.01. The molecule has 0 aromatic carbocycles. The van der Waals surface area contributed by atoms with E-state index in [2.05, 4.69) is 15.2 Å². The van der Waals surface area contributed by atoms with E-state index in [1.54, 1.807) is 0 Å². The Morgan fingerprint density at radius 2 is 2.22 bits per heavy atom. The van der Waals surface area contributed by atoms with E-state index in [4.69, 9.17) is 0 Å². The fraction of sp³-hybridized carbons (Fsp3) is 0.692. The second-order valence-electron chi connectivity index (χ2n) is 5.37. The normalized spacial score (nSPS) is 23.5. The Balaban J connectivity index is 1.85. The standard InChI is InChI=1S/C13H20N4O/c1-16-8-6-14-11(16)10-17-9-7-15-12(18)13(17)4-2-3-5-13/h6,8H,2-5,7,9-10H2,1H3,(H,15,18). The van der Waals surface area contributed by atoms with Crippen molar-refractivity contribution in [2.45, 2.75) is 37.8 Å². The Labute approximate surface area is 107 Å². The first-order chi connectivity index (χ1) is 8.72. The number of carbonyl (C=O) groups is 1. The highest BCUT2D eigenvalue weighted by atomic mass is 16.2. The number of aromatic nitrogens is 2. The minimum Gasteiger partial charge on any atom is -0.353 e. The minimum absolute atomic E-state index is 0.223. The predicted octanol–water partition coefficient (Wildman–Crippen LogP) is 0.665. The number of imidazole rings is 1. The van der Waals surface area contributed by atoms with Crippen LogP contribution in [-0.2, 0) is 18.4 Å². The van der Waals surface area contributed by atoms with Gasteiger partial charge in [0.25, 0.3) is 0 Å². The molecule has 2 heterocycles. The number of rotatable bonds is 2. The maximum absolute atomic E-state index is 12.3. The highest BCUT2D eigenvalue weighted by Gasteiger charge is 2.48. The summed E-state index contributed by atoms with van der Waals surface area (Å²) in [4.78, 5) is 19.0. The van der Waals surface area contributed by atoms with Crippen molar-refractivity contribution in [1.82, 2.24) is 19.8 Å². The summed E-state index contributed by atoms with van der Waals surface area (Å²) in [5.74, 6) is 1.26. The Hall–Kier alpha value is -1.36. The zero-order valence-electron chi connectivity index (χ0n) is 10.9. The molecule has 1 aliphatic carbocycles. The molecular weight excluding hydrogens is 228 g/mol. The first kappa shape index (κ1) is 11.7. The van der Waals surface area contributed by atoms with E-state index in [1.807, 2.05) is 24.0 Å². The van der Waals surface area contributed by atoms with Crippen molar-refractivity contribution < 1.29 is 4.79 Å². The lowest BCUT2D eigenvalue weighted by molar-refractivity contribution is -0.137. The van der Waals surface area contributed by atoms with E-state index in [9.17, 15) is 4.79 Å². The summed E-state index contributed by atoms with van der Waals surface area (Å²) in [6.07, 6.45) is 8.07. The van der Waals surface area contributed by atoms with Gasteiger partial charge in [-0.3, -0.25) is 9.69 Å². The Bertz CT molecular complexity index is 448. The maximum atomic E-state index is 12.3. The molecule has 1 spiro atoms. The maximum Gasteiger partial charge on any atom is 0.240 e. The second kappa shape index (κ2) is 4.39. The summed E-state index contributed by atoms with van der Waals surface area (Å²) in [5.41, 5.74) is -0.260. The zero-order chi connectivity index (χ0) is 12.6. The Morgan fingerprint density at radius 3 is 2.89 bits per heavy atom. The van der Waals surface area contributed by atoms with Gasteiger partial charge in [-0.05, 0) is 12.8 Å². The van der Waals surface area contributed by atoms with Crippen LogP contribution in [0.25, 0.3) is 0 Å². The Kier molecular flexibility index (Phi) is 2.86. The molecule has 98 valence electrons. The van der Waals surface area contributed by atoms with Crippen molar-refractivity contribution in [3.63, 3.8) is 0 Å². The highest BCUT2D eigenvalue weighted by Crippen LogP contribution is 2.37. The van der Waals surface area contributed by atoms with Crippen molar-refractivity contribution in [1.29, 1.82) is 0 Å². The SMILES string of the molecule is Cn1ccnc1CN1CCNC(=O)C12CCCC2. The molecule has 1 saturated heterocycles. The van der Waals surface area contributed by atoms with Crippen LogP contribution in [0.15, 0.2) is 12.4 Å². The van der Waals surface area contributed by atoms with Crippen molar-refractivity contribution in [2.24, 2.45) is 7.05 Å². The molecule has 5 heteroatoms. The second-order valence-corrected chi connectivity index (χ2v) is 5.37. The van der Waals surface area contributed by atoms with Gasteiger partial charge < -0.3 is 9.88 Å². The van der Waals surface area contributed by atoms with E-state index in [-0.39, 0.29) is 11.4 Å². The molecule has 1 N–H and O–H groups in total. The van der Waals surface area contributed by atoms with E-state index in [0.717, 1.165) is 51.1 Å². The summed E-state index contributed by atoms with van der Waals surface area (Å²) in [6, 6.07) is 0. The molecule has 5 nitrogen and oxygen atoms in total. The van der Waals surface area contributed by atoms with Gasteiger partial charge in [0.2, 0.25) is 5.91 Å². The van der Waals surface area contributed by atoms with Crippen LogP contribution in [0.2, 0.25) is 0 Å². The van der Waals surface area contributed by atoms with E-state index in [0.29, 0.717) is 0 Å². The molecule has 0 unspecified atom stereocenters. The number of nitrogens with one attached hydrogen (secondary N) is 1. The third kappa shape index (κ3) is 1.73. The lowest BCUT2D eigenvalue weighted by atomic mass is 9.91. The average Bonchev–Trinajstić information content (AvgIpc) is 2.97. The van der Waals surface area contributed by atoms with Gasteiger partial charge in [-0.2, -0.15) is 0 Å². The summed E-state index contributed by atoms with van der Waals surface area (Å²) in [6.45, 7) is 2.46. The molecule has 0 radical (unpaired) electrons. The molecule has 18 heavy (non-hydrogen) atoms. The molecule has 1 aromatic rings. The number of aryl methyl sites for hydroxylation is 1. The molecule has 2 fully saturated rings. The number of nitrogens with zero attached hydrogens (tertiary/aromatic N) is 3. The third-order valence-electron chi connectivity index (χ3n) is 4.38. The van der Waals surface area contributed by atoms with E-state index in [1.165, 1.54) is 0 Å². The number of hydrogen-bond acceptors (Lipinski definition) is 3. The van der Waals surface area contributed by atoms with Gasteiger partial charge in [-0.25, -0.2) is 4.98 Å². The topological polar surface area (TPSA) is 50.2 Å². The smallest absolute Gasteiger partial charge is 0.240 e. The summed E-state index contributed by atoms with van der Waals surface area (Å²) < 4.78 is 2.04.